The van der Waals surface area contributed by atoms with Gasteiger partial charge in [-0.15, -0.1) is 0 Å². The van der Waals surface area contributed by atoms with Crippen LogP contribution in [0.25, 0.3) is 0 Å². The lowest BCUT2D eigenvalue weighted by molar-refractivity contribution is -0.113. The molecule has 1 aliphatic heterocycles. The summed E-state index contributed by atoms with van der Waals surface area (Å²) in [7, 11) is 0. The minimum absolute atomic E-state index is 0.191. The molecule has 27 heavy (non-hydrogen) atoms. The number of imidazole rings is 1. The van der Waals surface area contributed by atoms with E-state index in [1.807, 2.05) is 13.8 Å². The lowest BCUT2D eigenvalue weighted by Crippen LogP contribution is -2.18. The second-order valence-corrected chi connectivity index (χ2v) is 8.59. The molecule has 1 N–H and O–H groups in total. The zero-order valence-corrected chi connectivity index (χ0v) is 18.1. The van der Waals surface area contributed by atoms with Crippen molar-refractivity contribution in [3.05, 3.63) is 38.6 Å². The van der Waals surface area contributed by atoms with Crippen molar-refractivity contribution in [1.29, 1.82) is 0 Å². The van der Waals surface area contributed by atoms with Gasteiger partial charge in [-0.1, -0.05) is 46.6 Å². The van der Waals surface area contributed by atoms with Gasteiger partial charge in [0.2, 0.25) is 5.91 Å². The highest BCUT2D eigenvalue weighted by Crippen LogP contribution is 2.34. The summed E-state index contributed by atoms with van der Waals surface area (Å²) in [5.41, 5.74) is 2.42. The minimum atomic E-state index is -0.215. The molecule has 0 bridgehead atoms. The minimum Gasteiger partial charge on any atom is -0.376 e. The highest BCUT2D eigenvalue weighted by molar-refractivity contribution is 7.99. The van der Waals surface area contributed by atoms with Gasteiger partial charge in [-0.3, -0.25) is 4.79 Å². The van der Waals surface area contributed by atoms with Gasteiger partial charge in [-0.25, -0.2) is 4.98 Å². The first-order valence-electron chi connectivity index (χ1n) is 8.57. The Labute approximate surface area is 177 Å². The fourth-order valence-electron chi connectivity index (χ4n) is 2.91. The molecule has 1 aromatic heterocycles. The van der Waals surface area contributed by atoms with Crippen LogP contribution in [0.2, 0.25) is 15.1 Å². The first kappa shape index (κ1) is 20.8. The second kappa shape index (κ2) is 9.05. The summed E-state index contributed by atoms with van der Waals surface area (Å²) in [5.74, 6) is -0.0236. The van der Waals surface area contributed by atoms with E-state index in [1.165, 1.54) is 11.8 Å². The van der Waals surface area contributed by atoms with Crippen molar-refractivity contribution in [1.82, 2.24) is 9.55 Å². The summed E-state index contributed by atoms with van der Waals surface area (Å²) >= 11 is 19.5. The van der Waals surface area contributed by atoms with Crippen molar-refractivity contribution < 1.29 is 9.53 Å². The smallest absolute Gasteiger partial charge is 0.234 e. The third-order valence-electron chi connectivity index (χ3n) is 4.44. The first-order chi connectivity index (χ1) is 12.8. The van der Waals surface area contributed by atoms with Gasteiger partial charge in [0.15, 0.2) is 5.16 Å². The Morgan fingerprint density at radius 1 is 1.33 bits per heavy atom. The number of aryl methyl sites for hydroxylation is 1. The highest BCUT2D eigenvalue weighted by atomic mass is 35.5. The number of carbonyl (C=O) groups excluding carboxylic acids is 1. The van der Waals surface area contributed by atoms with E-state index in [0.717, 1.165) is 42.5 Å². The van der Waals surface area contributed by atoms with Crippen LogP contribution in [0.15, 0.2) is 17.3 Å². The fraction of sp³-hybridized carbons (Fsp3) is 0.444. The Morgan fingerprint density at radius 2 is 2.04 bits per heavy atom. The number of hydrogen-bond acceptors (Lipinski definition) is 4. The summed E-state index contributed by atoms with van der Waals surface area (Å²) in [6.45, 7) is 5.57. The monoisotopic (exact) mass is 447 g/mol. The summed E-state index contributed by atoms with van der Waals surface area (Å²) in [4.78, 5) is 17.0. The Hall–Kier alpha value is -0.920. The maximum atomic E-state index is 12.4. The van der Waals surface area contributed by atoms with Crippen LogP contribution in [0.3, 0.4) is 0 Å². The molecule has 1 saturated heterocycles. The molecule has 1 aromatic carbocycles. The molecule has 0 aliphatic carbocycles. The number of thioether (sulfide) groups is 1. The van der Waals surface area contributed by atoms with Gasteiger partial charge < -0.3 is 14.6 Å². The highest BCUT2D eigenvalue weighted by Gasteiger charge is 2.21. The molecule has 1 atom stereocenters. The number of carbonyl (C=O) groups is 1. The van der Waals surface area contributed by atoms with Crippen LogP contribution in [0.4, 0.5) is 5.69 Å². The third-order valence-corrected chi connectivity index (χ3v) is 6.23. The zero-order valence-electron chi connectivity index (χ0n) is 15.0. The number of nitrogens with one attached hydrogen (secondary N) is 1. The number of aromatic nitrogens is 2. The standard InChI is InChI=1S/C18H20Cl3N3O2S/c1-10-11(2)24(8-13-4-3-5-26-13)18(22-10)27-9-16(25)23-17-14(20)6-12(19)7-15(17)21/h6-7,13H,3-5,8-9H2,1-2H3,(H,23,25)/t13-/m0/s1. The van der Waals surface area contributed by atoms with Gasteiger partial charge in [0, 0.05) is 17.3 Å². The van der Waals surface area contributed by atoms with Crippen LogP contribution in [0.1, 0.15) is 24.2 Å². The molecule has 0 radical (unpaired) electrons. The molecule has 1 fully saturated rings. The van der Waals surface area contributed by atoms with E-state index in [-0.39, 0.29) is 17.8 Å². The van der Waals surface area contributed by atoms with Gasteiger partial charge in [0.25, 0.3) is 0 Å². The largest absolute Gasteiger partial charge is 0.376 e. The number of hydrogen-bond donors (Lipinski definition) is 1. The lowest BCUT2D eigenvalue weighted by atomic mass is 10.2. The summed E-state index contributed by atoms with van der Waals surface area (Å²) in [6, 6.07) is 3.08. The topological polar surface area (TPSA) is 56.2 Å². The van der Waals surface area contributed by atoms with Crippen LogP contribution < -0.4 is 5.32 Å². The summed E-state index contributed by atoms with van der Waals surface area (Å²) < 4.78 is 7.87. The quantitative estimate of drug-likeness (QED) is 0.604. The molecule has 0 unspecified atom stereocenters. The molecule has 2 heterocycles. The van der Waals surface area contributed by atoms with Crippen molar-refractivity contribution in [2.75, 3.05) is 17.7 Å². The maximum Gasteiger partial charge on any atom is 0.234 e. The van der Waals surface area contributed by atoms with Crippen LogP contribution in [0, 0.1) is 13.8 Å². The van der Waals surface area contributed by atoms with Crippen molar-refractivity contribution in [2.45, 2.75) is 44.5 Å². The van der Waals surface area contributed by atoms with Crippen LogP contribution in [0.5, 0.6) is 0 Å². The Morgan fingerprint density at radius 3 is 2.67 bits per heavy atom. The van der Waals surface area contributed by atoms with Gasteiger partial charge in [-0.2, -0.15) is 0 Å². The molecule has 3 rings (SSSR count). The van der Waals surface area contributed by atoms with Gasteiger partial charge >= 0.3 is 0 Å². The SMILES string of the molecule is Cc1nc(SCC(=O)Nc2c(Cl)cc(Cl)cc2Cl)n(C[C@@H]2CCCO2)c1C. The number of benzene rings is 1. The Balaban J connectivity index is 1.66. The van der Waals surface area contributed by atoms with E-state index in [0.29, 0.717) is 20.8 Å². The van der Waals surface area contributed by atoms with Crippen molar-refractivity contribution in [3.63, 3.8) is 0 Å². The fourth-order valence-corrected chi connectivity index (χ4v) is 4.72. The average Bonchev–Trinajstić information content (AvgIpc) is 3.20. The van der Waals surface area contributed by atoms with E-state index < -0.39 is 0 Å². The van der Waals surface area contributed by atoms with E-state index >= 15 is 0 Å². The number of nitrogens with zero attached hydrogens (tertiary/aromatic N) is 2. The molecule has 0 saturated carbocycles. The molecular formula is C18H20Cl3N3O2S. The predicted molar refractivity (Wildman–Crippen MR) is 112 cm³/mol. The zero-order chi connectivity index (χ0) is 19.6. The second-order valence-electron chi connectivity index (χ2n) is 6.39. The molecule has 9 heteroatoms. The molecule has 146 valence electrons. The van der Waals surface area contributed by atoms with Crippen molar-refractivity contribution in [2.24, 2.45) is 0 Å². The summed E-state index contributed by atoms with van der Waals surface area (Å²) in [6.07, 6.45) is 2.34. The van der Waals surface area contributed by atoms with Crippen LogP contribution >= 0.6 is 46.6 Å². The molecular weight excluding hydrogens is 429 g/mol. The molecule has 2 aromatic rings. The third kappa shape index (κ3) is 5.12. The Kier molecular flexibility index (Phi) is 6.98. The molecule has 1 amide bonds. The van der Waals surface area contributed by atoms with Crippen molar-refractivity contribution >= 4 is 58.2 Å². The van der Waals surface area contributed by atoms with Gasteiger partial charge in [0.1, 0.15) is 0 Å². The maximum absolute atomic E-state index is 12.4. The first-order valence-corrected chi connectivity index (χ1v) is 10.7. The molecule has 5 nitrogen and oxygen atoms in total. The number of rotatable bonds is 6. The predicted octanol–water partition coefficient (Wildman–Crippen LogP) is 5.37. The average molecular weight is 449 g/mol. The van der Waals surface area contributed by atoms with Gasteiger partial charge in [0.05, 0.1) is 39.8 Å². The molecule has 0 spiro atoms. The van der Waals surface area contributed by atoms with E-state index in [2.05, 4.69) is 14.9 Å². The van der Waals surface area contributed by atoms with E-state index in [9.17, 15) is 4.79 Å². The number of halogens is 3. The lowest BCUT2D eigenvalue weighted by Gasteiger charge is -2.15. The number of amides is 1. The van der Waals surface area contributed by atoms with Gasteiger partial charge in [-0.05, 0) is 38.8 Å². The molecule has 1 aliphatic rings. The van der Waals surface area contributed by atoms with Crippen LogP contribution in [-0.4, -0.2) is 33.9 Å². The number of anilines is 1. The number of ether oxygens (including phenoxy) is 1. The van der Waals surface area contributed by atoms with E-state index in [1.54, 1.807) is 12.1 Å². The normalized spacial score (nSPS) is 16.7. The van der Waals surface area contributed by atoms with E-state index in [4.69, 9.17) is 39.5 Å². The summed E-state index contributed by atoms with van der Waals surface area (Å²) in [5, 5.41) is 4.58. The Bertz CT molecular complexity index is 828. The van der Waals surface area contributed by atoms with Crippen molar-refractivity contribution in [3.8, 4) is 0 Å². The van der Waals surface area contributed by atoms with Crippen LogP contribution in [-0.2, 0) is 16.1 Å².